The molecule has 2 aromatic rings. The monoisotopic (exact) mass is 291 g/mol. The van der Waals surface area contributed by atoms with E-state index in [0.717, 1.165) is 23.4 Å². The highest BCUT2D eigenvalue weighted by Gasteiger charge is 2.66. The van der Waals surface area contributed by atoms with E-state index in [0.29, 0.717) is 11.9 Å². The van der Waals surface area contributed by atoms with Crippen LogP contribution >= 0.6 is 11.6 Å². The first-order chi connectivity index (χ1) is 9.32. The lowest BCUT2D eigenvalue weighted by atomic mass is 10.0. The number of imidazole rings is 1. The number of hydrogen-bond donors (Lipinski definition) is 0. The van der Waals surface area contributed by atoms with E-state index in [4.69, 9.17) is 16.6 Å². The Labute approximate surface area is 125 Å². The van der Waals surface area contributed by atoms with Gasteiger partial charge in [-0.1, -0.05) is 27.7 Å². The van der Waals surface area contributed by atoms with Gasteiger partial charge in [-0.2, -0.15) is 0 Å². The standard InChI is InChI=1S/C16H22ClN3/c1-10-7-9-18-13-12(10)19-11(6-8-17)20(13)14-15(2,3)16(14,4)5/h7,9,14H,6,8H2,1-5H3. The molecule has 2 heterocycles. The van der Waals surface area contributed by atoms with Crippen LogP contribution < -0.4 is 0 Å². The van der Waals surface area contributed by atoms with Gasteiger partial charge >= 0.3 is 0 Å². The van der Waals surface area contributed by atoms with Gasteiger partial charge in [0.2, 0.25) is 0 Å². The zero-order valence-electron chi connectivity index (χ0n) is 12.9. The number of rotatable bonds is 3. The van der Waals surface area contributed by atoms with Crippen molar-refractivity contribution in [2.75, 3.05) is 5.88 Å². The molecule has 1 aliphatic carbocycles. The van der Waals surface area contributed by atoms with Gasteiger partial charge in [0.15, 0.2) is 5.65 Å². The van der Waals surface area contributed by atoms with Crippen molar-refractivity contribution in [3.05, 3.63) is 23.7 Å². The predicted octanol–water partition coefficient (Wildman–Crippen LogP) is 4.13. The molecule has 0 radical (unpaired) electrons. The molecular weight excluding hydrogens is 270 g/mol. The quantitative estimate of drug-likeness (QED) is 0.796. The number of hydrogen-bond acceptors (Lipinski definition) is 2. The lowest BCUT2D eigenvalue weighted by Gasteiger charge is -2.10. The molecule has 2 aromatic heterocycles. The lowest BCUT2D eigenvalue weighted by molar-refractivity contribution is 0.457. The maximum Gasteiger partial charge on any atom is 0.160 e. The van der Waals surface area contributed by atoms with E-state index in [2.05, 4.69) is 44.2 Å². The minimum Gasteiger partial charge on any atom is -0.308 e. The fourth-order valence-corrected chi connectivity index (χ4v) is 3.66. The molecule has 3 rings (SSSR count). The first-order valence-electron chi connectivity index (χ1n) is 7.20. The lowest BCUT2D eigenvalue weighted by Crippen LogP contribution is -2.07. The van der Waals surface area contributed by atoms with Crippen molar-refractivity contribution >= 4 is 22.8 Å². The van der Waals surface area contributed by atoms with Gasteiger partial charge in [-0.3, -0.25) is 0 Å². The fourth-order valence-electron chi connectivity index (χ4n) is 3.49. The molecule has 20 heavy (non-hydrogen) atoms. The van der Waals surface area contributed by atoms with Gasteiger partial charge < -0.3 is 4.57 Å². The third-order valence-electron chi connectivity index (χ3n) is 5.37. The Morgan fingerprint density at radius 3 is 2.45 bits per heavy atom. The van der Waals surface area contributed by atoms with E-state index >= 15 is 0 Å². The van der Waals surface area contributed by atoms with Crippen LogP contribution in [0.5, 0.6) is 0 Å². The van der Waals surface area contributed by atoms with Crippen molar-refractivity contribution in [3.8, 4) is 0 Å². The summed E-state index contributed by atoms with van der Waals surface area (Å²) in [4.78, 5) is 9.40. The van der Waals surface area contributed by atoms with Crippen molar-refractivity contribution in [1.82, 2.24) is 14.5 Å². The van der Waals surface area contributed by atoms with Crippen LogP contribution in [-0.4, -0.2) is 20.4 Å². The van der Waals surface area contributed by atoms with Gasteiger partial charge in [0, 0.05) is 24.5 Å². The van der Waals surface area contributed by atoms with Gasteiger partial charge in [0.25, 0.3) is 0 Å². The number of pyridine rings is 1. The van der Waals surface area contributed by atoms with Crippen LogP contribution in [0.1, 0.15) is 45.1 Å². The van der Waals surface area contributed by atoms with E-state index < -0.39 is 0 Å². The summed E-state index contributed by atoms with van der Waals surface area (Å²) < 4.78 is 2.34. The number of aryl methyl sites for hydroxylation is 2. The molecule has 4 heteroatoms. The van der Waals surface area contributed by atoms with Crippen LogP contribution in [-0.2, 0) is 6.42 Å². The first kappa shape index (κ1) is 13.9. The van der Waals surface area contributed by atoms with Crippen molar-refractivity contribution in [1.29, 1.82) is 0 Å². The molecule has 3 nitrogen and oxygen atoms in total. The second-order valence-electron chi connectivity index (χ2n) is 6.98. The Morgan fingerprint density at radius 1 is 1.25 bits per heavy atom. The Kier molecular flexibility index (Phi) is 2.91. The normalized spacial score (nSPS) is 20.5. The van der Waals surface area contributed by atoms with Crippen molar-refractivity contribution in [2.24, 2.45) is 10.8 Å². The molecule has 108 valence electrons. The largest absolute Gasteiger partial charge is 0.308 e. The molecule has 0 atom stereocenters. The minimum absolute atomic E-state index is 0.257. The smallest absolute Gasteiger partial charge is 0.160 e. The predicted molar refractivity (Wildman–Crippen MR) is 83.3 cm³/mol. The zero-order chi connectivity index (χ0) is 14.7. The van der Waals surface area contributed by atoms with E-state index in [9.17, 15) is 0 Å². The number of nitrogens with zero attached hydrogens (tertiary/aromatic N) is 3. The molecule has 1 saturated carbocycles. The molecule has 0 spiro atoms. The highest BCUT2D eigenvalue weighted by atomic mass is 35.5. The maximum atomic E-state index is 5.97. The Hall–Kier alpha value is -1.09. The van der Waals surface area contributed by atoms with Gasteiger partial charge in [0.05, 0.1) is 0 Å². The molecule has 0 unspecified atom stereocenters. The Morgan fingerprint density at radius 2 is 1.90 bits per heavy atom. The highest BCUT2D eigenvalue weighted by Crippen LogP contribution is 2.72. The molecule has 0 N–H and O–H groups in total. The van der Waals surface area contributed by atoms with Crippen LogP contribution in [0.25, 0.3) is 11.2 Å². The van der Waals surface area contributed by atoms with Crippen molar-refractivity contribution in [2.45, 2.75) is 47.1 Å². The number of fused-ring (bicyclic) bond motifs is 1. The van der Waals surface area contributed by atoms with Gasteiger partial charge in [-0.15, -0.1) is 11.6 Å². The molecule has 0 bridgehead atoms. The summed E-state index contributed by atoms with van der Waals surface area (Å²) in [6, 6.07) is 2.46. The zero-order valence-corrected chi connectivity index (χ0v) is 13.6. The third kappa shape index (κ3) is 1.65. The highest BCUT2D eigenvalue weighted by molar-refractivity contribution is 6.17. The Bertz CT molecular complexity index is 656. The van der Waals surface area contributed by atoms with E-state index in [-0.39, 0.29) is 10.8 Å². The number of halogens is 1. The number of alkyl halides is 1. The summed E-state index contributed by atoms with van der Waals surface area (Å²) in [6.07, 6.45) is 2.67. The number of aromatic nitrogens is 3. The molecule has 0 aliphatic heterocycles. The SMILES string of the molecule is Cc1ccnc2c1nc(CCCl)n2C1C(C)(C)C1(C)C. The van der Waals surface area contributed by atoms with Crippen LogP contribution in [0.4, 0.5) is 0 Å². The molecule has 1 fully saturated rings. The summed E-state index contributed by atoms with van der Waals surface area (Å²) in [5.41, 5.74) is 3.72. The molecular formula is C16H22ClN3. The second-order valence-corrected chi connectivity index (χ2v) is 7.36. The van der Waals surface area contributed by atoms with Crippen LogP contribution in [0.2, 0.25) is 0 Å². The minimum atomic E-state index is 0.257. The topological polar surface area (TPSA) is 30.7 Å². The second kappa shape index (κ2) is 4.20. The van der Waals surface area contributed by atoms with Crippen molar-refractivity contribution in [3.63, 3.8) is 0 Å². The van der Waals surface area contributed by atoms with E-state index in [1.54, 1.807) is 0 Å². The molecule has 0 aromatic carbocycles. The van der Waals surface area contributed by atoms with Crippen LogP contribution in [0.3, 0.4) is 0 Å². The first-order valence-corrected chi connectivity index (χ1v) is 7.74. The van der Waals surface area contributed by atoms with Gasteiger partial charge in [0.1, 0.15) is 11.3 Å². The average molecular weight is 292 g/mol. The van der Waals surface area contributed by atoms with Crippen molar-refractivity contribution < 1.29 is 0 Å². The molecule has 0 saturated heterocycles. The van der Waals surface area contributed by atoms with Gasteiger partial charge in [-0.25, -0.2) is 9.97 Å². The summed E-state index contributed by atoms with van der Waals surface area (Å²) in [7, 11) is 0. The van der Waals surface area contributed by atoms with Crippen LogP contribution in [0, 0.1) is 17.8 Å². The fraction of sp³-hybridized carbons (Fsp3) is 0.625. The van der Waals surface area contributed by atoms with E-state index in [1.807, 2.05) is 12.3 Å². The molecule has 0 amide bonds. The average Bonchev–Trinajstić information content (AvgIpc) is 2.67. The summed E-state index contributed by atoms with van der Waals surface area (Å²) >= 11 is 5.97. The third-order valence-corrected chi connectivity index (χ3v) is 5.56. The summed E-state index contributed by atoms with van der Waals surface area (Å²) in [5, 5.41) is 0. The molecule has 1 aliphatic rings. The van der Waals surface area contributed by atoms with Crippen LogP contribution in [0.15, 0.2) is 12.3 Å². The maximum absolute atomic E-state index is 5.97. The Balaban J connectivity index is 2.24. The van der Waals surface area contributed by atoms with Gasteiger partial charge in [-0.05, 0) is 29.4 Å². The van der Waals surface area contributed by atoms with E-state index in [1.165, 1.54) is 5.56 Å². The summed E-state index contributed by atoms with van der Waals surface area (Å²) in [6.45, 7) is 11.4. The summed E-state index contributed by atoms with van der Waals surface area (Å²) in [5.74, 6) is 1.66.